The number of aliphatic hydroxyl groups is 1. The van der Waals surface area contributed by atoms with E-state index in [-0.39, 0.29) is 24.9 Å². The first kappa shape index (κ1) is 18.2. The van der Waals surface area contributed by atoms with Crippen molar-refractivity contribution in [2.45, 2.75) is 24.7 Å². The van der Waals surface area contributed by atoms with Crippen molar-refractivity contribution in [2.75, 3.05) is 39.4 Å². The Morgan fingerprint density at radius 3 is 2.40 bits per heavy atom. The number of nitrogens with zero attached hydrogens (tertiary/aromatic N) is 2. The number of rotatable bonds is 3. The van der Waals surface area contributed by atoms with Crippen LogP contribution in [-0.4, -0.2) is 72.4 Å². The highest BCUT2D eigenvalue weighted by Gasteiger charge is 2.38. The molecule has 1 N–H and O–H groups in total. The molecule has 2 heterocycles. The Labute approximate surface area is 144 Å². The third-order valence-corrected chi connectivity index (χ3v) is 4.76. The van der Waals surface area contributed by atoms with E-state index >= 15 is 0 Å². The lowest BCUT2D eigenvalue weighted by atomic mass is 10.1. The van der Waals surface area contributed by atoms with Gasteiger partial charge in [-0.1, -0.05) is 12.1 Å². The van der Waals surface area contributed by atoms with E-state index in [0.717, 1.165) is 25.2 Å². The zero-order valence-electron chi connectivity index (χ0n) is 13.7. The van der Waals surface area contributed by atoms with Gasteiger partial charge >= 0.3 is 6.18 Å². The number of likely N-dealkylation sites (tertiary alicyclic amines) is 1. The van der Waals surface area contributed by atoms with Gasteiger partial charge in [-0.3, -0.25) is 9.69 Å². The minimum absolute atomic E-state index is 0.0285. The molecule has 1 aromatic rings. The van der Waals surface area contributed by atoms with Gasteiger partial charge in [-0.15, -0.1) is 0 Å². The fourth-order valence-corrected chi connectivity index (χ4v) is 3.34. The lowest BCUT2D eigenvalue weighted by Gasteiger charge is -2.33. The molecule has 2 aliphatic rings. The van der Waals surface area contributed by atoms with Gasteiger partial charge in [0.15, 0.2) is 0 Å². The smallest absolute Gasteiger partial charge is 0.390 e. The van der Waals surface area contributed by atoms with Crippen molar-refractivity contribution >= 4 is 5.91 Å². The molecule has 2 atom stereocenters. The molecule has 3 rings (SSSR count). The lowest BCUT2D eigenvalue weighted by Crippen LogP contribution is -2.49. The predicted molar refractivity (Wildman–Crippen MR) is 83.9 cm³/mol. The SMILES string of the molecule is O=C(Cc1ccc(C(F)(F)F)cc1)N1C[C@@H](O)[C@H](N2CCOCC2)C1. The Hall–Kier alpha value is -1.64. The molecule has 0 aliphatic carbocycles. The number of halogens is 3. The third kappa shape index (κ3) is 4.31. The summed E-state index contributed by atoms with van der Waals surface area (Å²) in [6, 6.07) is 4.51. The summed E-state index contributed by atoms with van der Waals surface area (Å²) in [5.74, 6) is -0.186. The van der Waals surface area contributed by atoms with Crippen molar-refractivity contribution in [3.63, 3.8) is 0 Å². The first-order valence-electron chi connectivity index (χ1n) is 8.28. The fourth-order valence-electron chi connectivity index (χ4n) is 3.34. The number of hydrogen-bond donors (Lipinski definition) is 1. The van der Waals surface area contributed by atoms with E-state index in [4.69, 9.17) is 4.74 Å². The van der Waals surface area contributed by atoms with E-state index in [1.54, 1.807) is 4.90 Å². The number of β-amino-alcohol motifs (C(OH)–C–C–N with tert-alkyl or cyclic N) is 1. The molecular weight excluding hydrogens is 337 g/mol. The number of amides is 1. The monoisotopic (exact) mass is 358 g/mol. The molecular formula is C17H21F3N2O3. The summed E-state index contributed by atoms with van der Waals surface area (Å²) in [5.41, 5.74) is -0.199. The lowest BCUT2D eigenvalue weighted by molar-refractivity contribution is -0.137. The maximum Gasteiger partial charge on any atom is 0.416 e. The summed E-state index contributed by atoms with van der Waals surface area (Å²) in [6.45, 7) is 3.36. The summed E-state index contributed by atoms with van der Waals surface area (Å²) in [4.78, 5) is 16.1. The van der Waals surface area contributed by atoms with E-state index in [2.05, 4.69) is 4.90 Å². The standard InChI is InChI=1S/C17H21F3N2O3/c18-17(19,20)13-3-1-12(2-4-13)9-16(24)22-10-14(15(23)11-22)21-5-7-25-8-6-21/h1-4,14-15,23H,5-11H2/t14-,15-/m1/s1. The van der Waals surface area contributed by atoms with Gasteiger partial charge in [0.1, 0.15) is 0 Å². The van der Waals surface area contributed by atoms with Crippen LogP contribution in [0.15, 0.2) is 24.3 Å². The summed E-state index contributed by atoms with van der Waals surface area (Å²) in [5, 5.41) is 10.3. The highest BCUT2D eigenvalue weighted by Crippen LogP contribution is 2.29. The second kappa shape index (κ2) is 7.31. The van der Waals surface area contributed by atoms with Crippen LogP contribution < -0.4 is 0 Å². The number of aliphatic hydroxyl groups excluding tert-OH is 1. The number of carbonyl (C=O) groups is 1. The van der Waals surface area contributed by atoms with Gasteiger partial charge in [-0.2, -0.15) is 13.2 Å². The first-order chi connectivity index (χ1) is 11.8. The second-order valence-corrected chi connectivity index (χ2v) is 6.45. The zero-order valence-corrected chi connectivity index (χ0v) is 13.7. The van der Waals surface area contributed by atoms with Crippen molar-refractivity contribution in [1.29, 1.82) is 0 Å². The summed E-state index contributed by atoms with van der Waals surface area (Å²) < 4.78 is 43.0. The van der Waals surface area contributed by atoms with Crippen molar-refractivity contribution in [3.05, 3.63) is 35.4 Å². The molecule has 138 valence electrons. The van der Waals surface area contributed by atoms with E-state index in [9.17, 15) is 23.1 Å². The molecule has 0 unspecified atom stereocenters. The Bertz CT molecular complexity index is 600. The second-order valence-electron chi connectivity index (χ2n) is 6.45. The average molecular weight is 358 g/mol. The summed E-state index contributed by atoms with van der Waals surface area (Å²) in [7, 11) is 0. The van der Waals surface area contributed by atoms with E-state index < -0.39 is 17.8 Å². The Balaban J connectivity index is 1.58. The molecule has 8 heteroatoms. The number of hydrogen-bond acceptors (Lipinski definition) is 4. The molecule has 1 amide bonds. The minimum atomic E-state index is -4.38. The number of carbonyl (C=O) groups excluding carboxylic acids is 1. The molecule has 25 heavy (non-hydrogen) atoms. The summed E-state index contributed by atoms with van der Waals surface area (Å²) in [6.07, 6.45) is -4.97. The predicted octanol–water partition coefficient (Wildman–Crippen LogP) is 1.15. The first-order valence-corrected chi connectivity index (χ1v) is 8.28. The minimum Gasteiger partial charge on any atom is -0.390 e. The van der Waals surface area contributed by atoms with Crippen LogP contribution in [0.5, 0.6) is 0 Å². The van der Waals surface area contributed by atoms with Crippen molar-refractivity contribution in [2.24, 2.45) is 0 Å². The van der Waals surface area contributed by atoms with Crippen molar-refractivity contribution in [1.82, 2.24) is 9.80 Å². The van der Waals surface area contributed by atoms with Gasteiger partial charge < -0.3 is 14.7 Å². The molecule has 0 aromatic heterocycles. The van der Waals surface area contributed by atoms with Crippen LogP contribution in [0.25, 0.3) is 0 Å². The normalized spacial score (nSPS) is 25.4. The average Bonchev–Trinajstić information content (AvgIpc) is 2.97. The van der Waals surface area contributed by atoms with Gasteiger partial charge in [-0.25, -0.2) is 0 Å². The fraction of sp³-hybridized carbons (Fsp3) is 0.588. The van der Waals surface area contributed by atoms with Crippen LogP contribution in [0.1, 0.15) is 11.1 Å². The molecule has 2 fully saturated rings. The van der Waals surface area contributed by atoms with Crippen LogP contribution in [-0.2, 0) is 22.1 Å². The van der Waals surface area contributed by atoms with Crippen LogP contribution in [0.2, 0.25) is 0 Å². The van der Waals surface area contributed by atoms with Crippen LogP contribution in [0.4, 0.5) is 13.2 Å². The number of ether oxygens (including phenoxy) is 1. The van der Waals surface area contributed by atoms with E-state index in [1.807, 2.05) is 0 Å². The summed E-state index contributed by atoms with van der Waals surface area (Å²) >= 11 is 0. The Morgan fingerprint density at radius 1 is 1.16 bits per heavy atom. The van der Waals surface area contributed by atoms with Crippen molar-refractivity contribution in [3.8, 4) is 0 Å². The maximum atomic E-state index is 12.6. The van der Waals surface area contributed by atoms with Crippen LogP contribution in [0, 0.1) is 0 Å². The van der Waals surface area contributed by atoms with Gasteiger partial charge in [0.2, 0.25) is 5.91 Å². The van der Waals surface area contributed by atoms with Gasteiger partial charge in [0.25, 0.3) is 0 Å². The molecule has 1 aromatic carbocycles. The molecule has 0 spiro atoms. The zero-order chi connectivity index (χ0) is 18.0. The van der Waals surface area contributed by atoms with Gasteiger partial charge in [-0.05, 0) is 17.7 Å². The highest BCUT2D eigenvalue weighted by atomic mass is 19.4. The van der Waals surface area contributed by atoms with E-state index in [0.29, 0.717) is 25.3 Å². The number of morpholine rings is 1. The number of alkyl halides is 3. The highest BCUT2D eigenvalue weighted by molar-refractivity contribution is 5.79. The molecule has 2 aliphatic heterocycles. The van der Waals surface area contributed by atoms with Gasteiger partial charge in [0, 0.05) is 26.2 Å². The maximum absolute atomic E-state index is 12.6. The molecule has 0 bridgehead atoms. The molecule has 5 nitrogen and oxygen atoms in total. The van der Waals surface area contributed by atoms with Crippen LogP contribution >= 0.6 is 0 Å². The molecule has 2 saturated heterocycles. The van der Waals surface area contributed by atoms with E-state index in [1.165, 1.54) is 12.1 Å². The van der Waals surface area contributed by atoms with Gasteiger partial charge in [0.05, 0.1) is 37.3 Å². The third-order valence-electron chi connectivity index (χ3n) is 4.76. The Kier molecular flexibility index (Phi) is 5.31. The van der Waals surface area contributed by atoms with Crippen molar-refractivity contribution < 1.29 is 27.8 Å². The topological polar surface area (TPSA) is 53.0 Å². The molecule has 0 saturated carbocycles. The quantitative estimate of drug-likeness (QED) is 0.881. The molecule has 0 radical (unpaired) electrons. The largest absolute Gasteiger partial charge is 0.416 e. The Morgan fingerprint density at radius 2 is 1.80 bits per heavy atom. The van der Waals surface area contributed by atoms with Crippen LogP contribution in [0.3, 0.4) is 0 Å². The number of benzene rings is 1.